The highest BCUT2D eigenvalue weighted by Crippen LogP contribution is 2.26. The molecular weight excluding hydrogens is 467 g/mol. The van der Waals surface area contributed by atoms with Crippen molar-refractivity contribution in [2.75, 3.05) is 5.32 Å². The van der Waals surface area contributed by atoms with Gasteiger partial charge in [-0.25, -0.2) is 8.42 Å². The number of aryl methyl sites for hydroxylation is 3. The minimum absolute atomic E-state index is 0.0194. The second kappa shape index (κ2) is 10.0. The van der Waals surface area contributed by atoms with Gasteiger partial charge in [-0.3, -0.25) is 4.79 Å². The molecule has 0 unspecified atom stereocenters. The van der Waals surface area contributed by atoms with Gasteiger partial charge in [0.15, 0.2) is 0 Å². The van der Waals surface area contributed by atoms with Crippen LogP contribution in [0.2, 0.25) is 10.0 Å². The molecule has 3 rings (SSSR count). The monoisotopic (exact) mass is 490 g/mol. The second-order valence-electron chi connectivity index (χ2n) is 7.70. The summed E-state index contributed by atoms with van der Waals surface area (Å²) >= 11 is 12.1. The van der Waals surface area contributed by atoms with Crippen LogP contribution in [0.4, 0.5) is 5.69 Å². The number of hydrogen-bond acceptors (Lipinski definition) is 3. The second-order valence-corrected chi connectivity index (χ2v) is 10.2. The maximum Gasteiger partial charge on any atom is 0.242 e. The predicted molar refractivity (Wildman–Crippen MR) is 130 cm³/mol. The fourth-order valence-electron chi connectivity index (χ4n) is 3.56. The summed E-state index contributed by atoms with van der Waals surface area (Å²) < 4.78 is 28.7. The van der Waals surface area contributed by atoms with Gasteiger partial charge >= 0.3 is 0 Å². The van der Waals surface area contributed by atoms with Gasteiger partial charge in [-0.05, 0) is 62.1 Å². The van der Waals surface area contributed by atoms with E-state index in [1.165, 1.54) is 18.2 Å². The van der Waals surface area contributed by atoms with E-state index in [1.54, 1.807) is 0 Å². The summed E-state index contributed by atoms with van der Waals surface area (Å²) in [5.74, 6) is -0.467. The van der Waals surface area contributed by atoms with Gasteiger partial charge in [0, 0.05) is 10.7 Å². The highest BCUT2D eigenvalue weighted by atomic mass is 35.5. The molecule has 168 valence electrons. The lowest BCUT2D eigenvalue weighted by molar-refractivity contribution is -0.117. The van der Waals surface area contributed by atoms with Crippen LogP contribution in [0.25, 0.3) is 0 Å². The molecule has 0 fully saturated rings. The number of hydrogen-bond donors (Lipinski definition) is 2. The SMILES string of the molecule is Cc1cc(C)c(NC(=O)[C@@H](Cc2ccccc2)NS(=O)(=O)c2cc(Cl)ccc2Cl)c(C)c1. The van der Waals surface area contributed by atoms with E-state index in [4.69, 9.17) is 23.2 Å². The zero-order valence-electron chi connectivity index (χ0n) is 17.9. The maximum absolute atomic E-state index is 13.3. The summed E-state index contributed by atoms with van der Waals surface area (Å²) in [6.07, 6.45) is 0.161. The normalized spacial score (nSPS) is 12.4. The topological polar surface area (TPSA) is 75.3 Å². The quantitative estimate of drug-likeness (QED) is 0.462. The third-order valence-electron chi connectivity index (χ3n) is 5.00. The Balaban J connectivity index is 1.95. The van der Waals surface area contributed by atoms with E-state index in [0.717, 1.165) is 22.3 Å². The lowest BCUT2D eigenvalue weighted by atomic mass is 10.0. The van der Waals surface area contributed by atoms with Gasteiger partial charge in [0.25, 0.3) is 0 Å². The number of benzene rings is 3. The fraction of sp³-hybridized carbons (Fsp3) is 0.208. The summed E-state index contributed by atoms with van der Waals surface area (Å²) in [7, 11) is -4.12. The predicted octanol–water partition coefficient (Wildman–Crippen LogP) is 5.45. The molecule has 0 heterocycles. The highest BCUT2D eigenvalue weighted by molar-refractivity contribution is 7.89. The lowest BCUT2D eigenvalue weighted by Gasteiger charge is -2.21. The molecule has 0 saturated carbocycles. The van der Waals surface area contributed by atoms with Crippen molar-refractivity contribution in [2.45, 2.75) is 38.1 Å². The van der Waals surface area contributed by atoms with Crippen LogP contribution in [-0.2, 0) is 21.2 Å². The van der Waals surface area contributed by atoms with Gasteiger partial charge < -0.3 is 5.32 Å². The molecule has 0 spiro atoms. The third kappa shape index (κ3) is 5.90. The van der Waals surface area contributed by atoms with Crippen LogP contribution in [0.15, 0.2) is 65.6 Å². The van der Waals surface area contributed by atoms with E-state index in [9.17, 15) is 13.2 Å². The molecule has 0 bridgehead atoms. The van der Waals surface area contributed by atoms with Crippen molar-refractivity contribution in [3.05, 3.63) is 93.0 Å². The average Bonchev–Trinajstić information content (AvgIpc) is 2.72. The van der Waals surface area contributed by atoms with Gasteiger partial charge in [0.1, 0.15) is 10.9 Å². The molecule has 0 aliphatic heterocycles. The van der Waals surface area contributed by atoms with E-state index in [1.807, 2.05) is 63.2 Å². The molecule has 32 heavy (non-hydrogen) atoms. The fourth-order valence-corrected chi connectivity index (χ4v) is 5.52. The Kier molecular flexibility index (Phi) is 7.62. The first-order valence-corrected chi connectivity index (χ1v) is 12.2. The van der Waals surface area contributed by atoms with E-state index >= 15 is 0 Å². The molecule has 0 aliphatic carbocycles. The minimum Gasteiger partial charge on any atom is -0.324 e. The number of halogens is 2. The summed E-state index contributed by atoms with van der Waals surface area (Å²) in [6, 6.07) is 16.2. The van der Waals surface area contributed by atoms with Crippen molar-refractivity contribution in [3.8, 4) is 0 Å². The average molecular weight is 491 g/mol. The molecule has 0 aromatic heterocycles. The molecule has 2 N–H and O–H groups in total. The molecule has 8 heteroatoms. The number of carbonyl (C=O) groups excluding carboxylic acids is 1. The Labute approximate surface area is 198 Å². The van der Waals surface area contributed by atoms with Crippen LogP contribution < -0.4 is 10.0 Å². The van der Waals surface area contributed by atoms with Gasteiger partial charge in [0.05, 0.1) is 5.02 Å². The van der Waals surface area contributed by atoms with E-state index < -0.39 is 22.0 Å². The van der Waals surface area contributed by atoms with Crippen molar-refractivity contribution in [2.24, 2.45) is 0 Å². The number of carbonyl (C=O) groups is 1. The number of anilines is 1. The first kappa shape index (κ1) is 24.3. The minimum atomic E-state index is -4.12. The van der Waals surface area contributed by atoms with Crippen LogP contribution in [-0.4, -0.2) is 20.4 Å². The lowest BCUT2D eigenvalue weighted by Crippen LogP contribution is -2.45. The van der Waals surface area contributed by atoms with Gasteiger partial charge in [-0.1, -0.05) is 71.2 Å². The summed E-state index contributed by atoms with van der Waals surface area (Å²) in [4.78, 5) is 13.1. The Morgan fingerprint density at radius 3 is 2.19 bits per heavy atom. The molecule has 3 aromatic rings. The van der Waals surface area contributed by atoms with Crippen molar-refractivity contribution < 1.29 is 13.2 Å². The first-order chi connectivity index (χ1) is 15.1. The maximum atomic E-state index is 13.3. The van der Waals surface area contributed by atoms with Crippen molar-refractivity contribution in [3.63, 3.8) is 0 Å². The van der Waals surface area contributed by atoms with Gasteiger partial charge in [0.2, 0.25) is 15.9 Å². The Morgan fingerprint density at radius 1 is 0.938 bits per heavy atom. The van der Waals surface area contributed by atoms with E-state index in [-0.39, 0.29) is 21.4 Å². The Morgan fingerprint density at radius 2 is 1.56 bits per heavy atom. The summed E-state index contributed by atoms with van der Waals surface area (Å²) in [5, 5.41) is 3.15. The van der Waals surface area contributed by atoms with Crippen molar-refractivity contribution in [1.82, 2.24) is 4.72 Å². The standard InChI is InChI=1S/C24H24Cl2N2O3S/c1-15-11-16(2)23(17(3)12-15)27-24(29)21(13-18-7-5-4-6-8-18)28-32(30,31)22-14-19(25)9-10-20(22)26/h4-12,14,21,28H,13H2,1-3H3,(H,27,29)/t21-/m1/s1. The third-order valence-corrected chi connectivity index (χ3v) is 7.19. The van der Waals surface area contributed by atoms with E-state index in [2.05, 4.69) is 10.0 Å². The Bertz CT molecular complexity index is 1220. The molecular formula is C24H24Cl2N2O3S. The molecule has 0 saturated heterocycles. The van der Waals surface area contributed by atoms with Gasteiger partial charge in [-0.2, -0.15) is 4.72 Å². The molecule has 0 radical (unpaired) electrons. The highest BCUT2D eigenvalue weighted by Gasteiger charge is 2.28. The number of sulfonamides is 1. The van der Waals surface area contributed by atoms with Crippen LogP contribution >= 0.6 is 23.2 Å². The number of amides is 1. The van der Waals surface area contributed by atoms with Crippen LogP contribution in [0.3, 0.4) is 0 Å². The first-order valence-electron chi connectivity index (χ1n) is 9.97. The summed E-state index contributed by atoms with van der Waals surface area (Å²) in [6.45, 7) is 5.78. The molecule has 1 amide bonds. The molecule has 3 aromatic carbocycles. The molecule has 0 aliphatic rings. The summed E-state index contributed by atoms with van der Waals surface area (Å²) in [5.41, 5.74) is 4.35. The zero-order valence-corrected chi connectivity index (χ0v) is 20.3. The van der Waals surface area contributed by atoms with Gasteiger partial charge in [-0.15, -0.1) is 0 Å². The molecule has 1 atom stereocenters. The Hall–Kier alpha value is -2.38. The van der Waals surface area contributed by atoms with Crippen LogP contribution in [0.5, 0.6) is 0 Å². The van der Waals surface area contributed by atoms with Crippen LogP contribution in [0, 0.1) is 20.8 Å². The number of rotatable bonds is 7. The molecule has 5 nitrogen and oxygen atoms in total. The number of nitrogens with one attached hydrogen (secondary N) is 2. The van der Waals surface area contributed by atoms with Crippen LogP contribution in [0.1, 0.15) is 22.3 Å². The van der Waals surface area contributed by atoms with Crippen molar-refractivity contribution >= 4 is 44.8 Å². The smallest absolute Gasteiger partial charge is 0.242 e. The van der Waals surface area contributed by atoms with E-state index in [0.29, 0.717) is 5.69 Å². The zero-order chi connectivity index (χ0) is 23.5. The largest absolute Gasteiger partial charge is 0.324 e. The van der Waals surface area contributed by atoms with Crippen molar-refractivity contribution in [1.29, 1.82) is 0 Å².